The fraction of sp³-hybridized carbons (Fsp3) is 0.400. The maximum absolute atomic E-state index is 12.9. The number of fused-ring (bicyclic) bond motifs is 1. The van der Waals surface area contributed by atoms with E-state index in [1.54, 1.807) is 15.5 Å². The lowest BCUT2D eigenvalue weighted by Gasteiger charge is -2.21. The average Bonchev–Trinajstić information content (AvgIpc) is 3.23. The van der Waals surface area contributed by atoms with Crippen LogP contribution in [0.15, 0.2) is 22.9 Å². The quantitative estimate of drug-likeness (QED) is 0.715. The van der Waals surface area contributed by atoms with E-state index in [1.165, 1.54) is 0 Å². The number of aromatic nitrogens is 5. The fourth-order valence-electron chi connectivity index (χ4n) is 3.01. The minimum absolute atomic E-state index is 0.0780. The molecule has 8 nitrogen and oxygen atoms in total. The van der Waals surface area contributed by atoms with Gasteiger partial charge in [0, 0.05) is 24.5 Å². The van der Waals surface area contributed by atoms with Crippen molar-refractivity contribution in [2.45, 2.75) is 32.7 Å². The van der Waals surface area contributed by atoms with Crippen LogP contribution in [0.25, 0.3) is 5.78 Å². The molecule has 1 amide bonds. The molecule has 118 valence electrons. The summed E-state index contributed by atoms with van der Waals surface area (Å²) in [5.41, 5.74) is 1.62. The Balaban J connectivity index is 1.69. The maximum atomic E-state index is 12.9. The molecule has 3 aromatic rings. The molecule has 0 unspecified atom stereocenters. The normalized spacial score (nSPS) is 18.0. The van der Waals surface area contributed by atoms with Gasteiger partial charge in [0.2, 0.25) is 5.82 Å². The van der Waals surface area contributed by atoms with Crippen molar-refractivity contribution in [3.63, 3.8) is 0 Å². The standard InChI is InChI=1S/C15H16N6O2/c1-9-5-7-21-13(17-18-15(21)16-9)14(22)20-6-3-4-12(20)11-8-10(2)23-19-11/h5,7-8,12H,3-4,6H2,1-2H3/t12-/m0/s1. The smallest absolute Gasteiger partial charge is 0.292 e. The second-order valence-corrected chi connectivity index (χ2v) is 5.78. The van der Waals surface area contributed by atoms with E-state index in [9.17, 15) is 4.79 Å². The van der Waals surface area contributed by atoms with Crippen LogP contribution < -0.4 is 0 Å². The Hall–Kier alpha value is -2.77. The first-order valence-corrected chi connectivity index (χ1v) is 7.56. The number of rotatable bonds is 2. The molecule has 23 heavy (non-hydrogen) atoms. The summed E-state index contributed by atoms with van der Waals surface area (Å²) in [5, 5.41) is 12.1. The van der Waals surface area contributed by atoms with E-state index >= 15 is 0 Å². The van der Waals surface area contributed by atoms with Crippen LogP contribution in [0.4, 0.5) is 0 Å². The molecule has 4 rings (SSSR count). The largest absolute Gasteiger partial charge is 0.361 e. The number of aryl methyl sites for hydroxylation is 2. The molecule has 1 aliphatic rings. The third-order valence-electron chi connectivity index (χ3n) is 4.11. The Morgan fingerprint density at radius 1 is 1.35 bits per heavy atom. The highest BCUT2D eigenvalue weighted by molar-refractivity contribution is 5.91. The van der Waals surface area contributed by atoms with Crippen LogP contribution >= 0.6 is 0 Å². The van der Waals surface area contributed by atoms with E-state index < -0.39 is 0 Å². The SMILES string of the molecule is Cc1ccn2c(C(=O)N3CCC[C@H]3c3cc(C)on3)nnc2n1. The molecule has 0 N–H and O–H groups in total. The first kappa shape index (κ1) is 13.9. The van der Waals surface area contributed by atoms with Gasteiger partial charge in [-0.15, -0.1) is 10.2 Å². The molecule has 0 spiro atoms. The summed E-state index contributed by atoms with van der Waals surface area (Å²) < 4.78 is 6.77. The molecule has 0 radical (unpaired) electrons. The van der Waals surface area contributed by atoms with Gasteiger partial charge < -0.3 is 9.42 Å². The van der Waals surface area contributed by atoms with Gasteiger partial charge in [0.05, 0.1) is 6.04 Å². The van der Waals surface area contributed by atoms with Crippen molar-refractivity contribution >= 4 is 11.7 Å². The Morgan fingerprint density at radius 3 is 3.00 bits per heavy atom. The molecule has 1 saturated heterocycles. The van der Waals surface area contributed by atoms with Crippen molar-refractivity contribution in [3.05, 3.63) is 41.3 Å². The molecule has 0 aromatic carbocycles. The first-order valence-electron chi connectivity index (χ1n) is 7.56. The number of hydrogen-bond acceptors (Lipinski definition) is 6. The van der Waals surface area contributed by atoms with Crippen LogP contribution in [0.2, 0.25) is 0 Å². The number of likely N-dealkylation sites (tertiary alicyclic amines) is 1. The zero-order chi connectivity index (χ0) is 16.0. The van der Waals surface area contributed by atoms with E-state index in [0.717, 1.165) is 30.0 Å². The van der Waals surface area contributed by atoms with Crippen LogP contribution in [0.5, 0.6) is 0 Å². The van der Waals surface area contributed by atoms with E-state index in [4.69, 9.17) is 4.52 Å². The van der Waals surface area contributed by atoms with Gasteiger partial charge in [0.25, 0.3) is 11.7 Å². The van der Waals surface area contributed by atoms with Gasteiger partial charge in [-0.25, -0.2) is 4.98 Å². The topological polar surface area (TPSA) is 89.4 Å². The molecule has 8 heteroatoms. The van der Waals surface area contributed by atoms with Crippen LogP contribution in [0, 0.1) is 13.8 Å². The minimum atomic E-state index is -0.161. The second-order valence-electron chi connectivity index (χ2n) is 5.78. The summed E-state index contributed by atoms with van der Waals surface area (Å²) in [6.45, 7) is 4.39. The first-order chi connectivity index (χ1) is 11.1. The van der Waals surface area contributed by atoms with Gasteiger partial charge in [-0.2, -0.15) is 0 Å². The third kappa shape index (κ3) is 2.26. The minimum Gasteiger partial charge on any atom is -0.361 e. The fourth-order valence-corrected chi connectivity index (χ4v) is 3.01. The van der Waals surface area contributed by atoms with Crippen molar-refractivity contribution in [2.24, 2.45) is 0 Å². The summed E-state index contributed by atoms with van der Waals surface area (Å²) in [6.07, 6.45) is 3.57. The highest BCUT2D eigenvalue weighted by atomic mass is 16.5. The number of carbonyl (C=O) groups excluding carboxylic acids is 1. The van der Waals surface area contributed by atoms with Gasteiger partial charge in [0.1, 0.15) is 11.5 Å². The zero-order valence-corrected chi connectivity index (χ0v) is 12.9. The second kappa shape index (κ2) is 5.15. The molecule has 0 aliphatic carbocycles. The number of carbonyl (C=O) groups is 1. The summed E-state index contributed by atoms with van der Waals surface area (Å²) in [5.74, 6) is 1.29. The summed E-state index contributed by atoms with van der Waals surface area (Å²) in [7, 11) is 0. The molecule has 1 atom stereocenters. The zero-order valence-electron chi connectivity index (χ0n) is 12.9. The van der Waals surface area contributed by atoms with E-state index in [2.05, 4.69) is 20.3 Å². The van der Waals surface area contributed by atoms with Crippen molar-refractivity contribution in [2.75, 3.05) is 6.54 Å². The van der Waals surface area contributed by atoms with Gasteiger partial charge in [-0.3, -0.25) is 9.20 Å². The Labute approximate surface area is 132 Å². The predicted octanol–water partition coefficient (Wildman–Crippen LogP) is 1.71. The predicted molar refractivity (Wildman–Crippen MR) is 79.8 cm³/mol. The maximum Gasteiger partial charge on any atom is 0.292 e. The highest BCUT2D eigenvalue weighted by Crippen LogP contribution is 2.32. The highest BCUT2D eigenvalue weighted by Gasteiger charge is 2.34. The molecular weight excluding hydrogens is 296 g/mol. The average molecular weight is 312 g/mol. The third-order valence-corrected chi connectivity index (χ3v) is 4.11. The molecule has 0 bridgehead atoms. The van der Waals surface area contributed by atoms with Gasteiger partial charge in [0.15, 0.2) is 0 Å². The summed E-state index contributed by atoms with van der Waals surface area (Å²) in [6, 6.07) is 3.63. The Kier molecular flexibility index (Phi) is 3.10. The van der Waals surface area contributed by atoms with Crippen LogP contribution in [-0.4, -0.2) is 42.1 Å². The van der Waals surface area contributed by atoms with Crippen LogP contribution in [0.3, 0.4) is 0 Å². The van der Waals surface area contributed by atoms with Crippen molar-refractivity contribution < 1.29 is 9.32 Å². The summed E-state index contributed by atoms with van der Waals surface area (Å²) in [4.78, 5) is 19.0. The van der Waals surface area contributed by atoms with Crippen molar-refractivity contribution in [3.8, 4) is 0 Å². The van der Waals surface area contributed by atoms with Crippen molar-refractivity contribution in [1.82, 2.24) is 29.6 Å². The monoisotopic (exact) mass is 312 g/mol. The van der Waals surface area contributed by atoms with Crippen molar-refractivity contribution in [1.29, 1.82) is 0 Å². The lowest BCUT2D eigenvalue weighted by molar-refractivity contribution is 0.0717. The molecule has 0 saturated carbocycles. The lowest BCUT2D eigenvalue weighted by Crippen LogP contribution is -2.32. The van der Waals surface area contributed by atoms with E-state index in [1.807, 2.05) is 26.0 Å². The number of hydrogen-bond donors (Lipinski definition) is 0. The Bertz CT molecular complexity index is 883. The van der Waals surface area contributed by atoms with Crippen LogP contribution in [-0.2, 0) is 0 Å². The van der Waals surface area contributed by atoms with Gasteiger partial charge in [-0.1, -0.05) is 5.16 Å². The molecule has 1 fully saturated rings. The molecule has 4 heterocycles. The van der Waals surface area contributed by atoms with Gasteiger partial charge >= 0.3 is 0 Å². The number of nitrogens with zero attached hydrogens (tertiary/aromatic N) is 6. The lowest BCUT2D eigenvalue weighted by atomic mass is 10.1. The van der Waals surface area contributed by atoms with Crippen LogP contribution in [0.1, 0.15) is 46.7 Å². The molecule has 3 aromatic heterocycles. The van der Waals surface area contributed by atoms with Gasteiger partial charge in [-0.05, 0) is 32.8 Å². The number of amides is 1. The summed E-state index contributed by atoms with van der Waals surface area (Å²) >= 11 is 0. The molecular formula is C15H16N6O2. The van der Waals surface area contributed by atoms with E-state index in [0.29, 0.717) is 12.3 Å². The Morgan fingerprint density at radius 2 is 2.22 bits per heavy atom. The van der Waals surface area contributed by atoms with E-state index in [-0.39, 0.29) is 17.8 Å². The molecule has 1 aliphatic heterocycles.